The first-order valence-corrected chi connectivity index (χ1v) is 11.2. The summed E-state index contributed by atoms with van der Waals surface area (Å²) in [6.45, 7) is 3.77. The molecule has 0 atom stereocenters. The van der Waals surface area contributed by atoms with Gasteiger partial charge in [-0.15, -0.1) is 0 Å². The monoisotopic (exact) mass is 466 g/mol. The summed E-state index contributed by atoms with van der Waals surface area (Å²) in [5.41, 5.74) is 5.43. The zero-order chi connectivity index (χ0) is 24.4. The molecule has 7 nitrogen and oxygen atoms in total. The molecular weight excluding hydrogens is 443 g/mol. The van der Waals surface area contributed by atoms with Gasteiger partial charge in [-0.05, 0) is 50.2 Å². The highest BCUT2D eigenvalue weighted by Gasteiger charge is 2.18. The smallest absolute Gasteiger partial charge is 0.228 e. The minimum Gasteiger partial charge on any atom is -0.325 e. The van der Waals surface area contributed by atoms with E-state index in [2.05, 4.69) is 25.6 Å². The second kappa shape index (κ2) is 9.34. The van der Waals surface area contributed by atoms with Crippen molar-refractivity contribution in [1.82, 2.24) is 25.0 Å². The summed E-state index contributed by atoms with van der Waals surface area (Å²) < 4.78 is 15.0. The van der Waals surface area contributed by atoms with Gasteiger partial charge in [0.25, 0.3) is 0 Å². The number of aromatic amines is 1. The van der Waals surface area contributed by atoms with Crippen LogP contribution in [0, 0.1) is 19.7 Å². The van der Waals surface area contributed by atoms with Crippen molar-refractivity contribution >= 4 is 11.6 Å². The van der Waals surface area contributed by atoms with Crippen LogP contribution in [-0.4, -0.2) is 30.9 Å². The average Bonchev–Trinajstić information content (AvgIpc) is 3.47. The van der Waals surface area contributed by atoms with Crippen LogP contribution in [0.25, 0.3) is 28.5 Å². The highest BCUT2D eigenvalue weighted by atomic mass is 19.1. The number of anilines is 1. The van der Waals surface area contributed by atoms with E-state index in [-0.39, 0.29) is 18.1 Å². The van der Waals surface area contributed by atoms with Gasteiger partial charge >= 0.3 is 0 Å². The summed E-state index contributed by atoms with van der Waals surface area (Å²) in [6, 6.07) is 23.3. The molecule has 0 unspecified atom stereocenters. The Morgan fingerprint density at radius 1 is 0.971 bits per heavy atom. The first kappa shape index (κ1) is 22.2. The van der Waals surface area contributed by atoms with E-state index in [1.807, 2.05) is 68.4 Å². The predicted molar refractivity (Wildman–Crippen MR) is 133 cm³/mol. The number of hydrogen-bond donors (Lipinski definition) is 2. The number of aryl methyl sites for hydroxylation is 1. The van der Waals surface area contributed by atoms with Gasteiger partial charge in [-0.3, -0.25) is 9.89 Å². The molecule has 0 bridgehead atoms. The van der Waals surface area contributed by atoms with Crippen molar-refractivity contribution in [2.75, 3.05) is 5.32 Å². The molecule has 0 aliphatic rings. The fourth-order valence-corrected chi connectivity index (χ4v) is 4.02. The Balaban J connectivity index is 1.37. The summed E-state index contributed by atoms with van der Waals surface area (Å²) in [5, 5.41) is 14.9. The quantitative estimate of drug-likeness (QED) is 0.357. The predicted octanol–water partition coefficient (Wildman–Crippen LogP) is 5.26. The first-order chi connectivity index (χ1) is 17.0. The third-order valence-corrected chi connectivity index (χ3v) is 5.82. The third kappa shape index (κ3) is 4.59. The van der Waals surface area contributed by atoms with Crippen LogP contribution in [0.5, 0.6) is 0 Å². The van der Waals surface area contributed by atoms with Gasteiger partial charge in [0.1, 0.15) is 5.82 Å². The number of rotatable bonds is 6. The number of hydrogen-bond acceptors (Lipinski definition) is 4. The zero-order valence-electron chi connectivity index (χ0n) is 19.3. The molecule has 35 heavy (non-hydrogen) atoms. The van der Waals surface area contributed by atoms with Crippen molar-refractivity contribution in [2.45, 2.75) is 20.3 Å². The molecule has 3 aromatic carbocycles. The lowest BCUT2D eigenvalue weighted by atomic mass is 10.1. The maximum absolute atomic E-state index is 13.3. The van der Waals surface area contributed by atoms with Crippen molar-refractivity contribution in [3.05, 3.63) is 102 Å². The van der Waals surface area contributed by atoms with Crippen LogP contribution in [-0.2, 0) is 11.2 Å². The topological polar surface area (TPSA) is 88.5 Å². The highest BCUT2D eigenvalue weighted by Crippen LogP contribution is 2.27. The van der Waals surface area contributed by atoms with Gasteiger partial charge in [-0.1, -0.05) is 42.5 Å². The number of nitrogens with zero attached hydrogens (tertiary/aromatic N) is 4. The number of benzene rings is 3. The van der Waals surface area contributed by atoms with Crippen LogP contribution < -0.4 is 5.32 Å². The fourth-order valence-electron chi connectivity index (χ4n) is 4.02. The number of H-pyrrole nitrogens is 1. The average molecular weight is 467 g/mol. The normalized spacial score (nSPS) is 10.9. The molecule has 2 heterocycles. The number of amides is 1. The Kier molecular flexibility index (Phi) is 5.93. The maximum atomic E-state index is 13.3. The van der Waals surface area contributed by atoms with Crippen LogP contribution in [0.15, 0.2) is 78.9 Å². The van der Waals surface area contributed by atoms with Crippen LogP contribution in [0.2, 0.25) is 0 Å². The lowest BCUT2D eigenvalue weighted by Gasteiger charge is -2.10. The second-order valence-electron chi connectivity index (χ2n) is 8.18. The molecule has 174 valence electrons. The van der Waals surface area contributed by atoms with E-state index in [0.717, 1.165) is 33.8 Å². The summed E-state index contributed by atoms with van der Waals surface area (Å²) >= 11 is 0. The van der Waals surface area contributed by atoms with Crippen molar-refractivity contribution < 1.29 is 9.18 Å². The first-order valence-electron chi connectivity index (χ1n) is 11.2. The Bertz CT molecular complexity index is 1490. The molecule has 5 rings (SSSR count). The minimum absolute atomic E-state index is 0.152. The van der Waals surface area contributed by atoms with Crippen LogP contribution in [0.4, 0.5) is 10.1 Å². The molecule has 0 aliphatic heterocycles. The molecule has 0 spiro atoms. The van der Waals surface area contributed by atoms with Crippen molar-refractivity contribution in [3.63, 3.8) is 0 Å². The van der Waals surface area contributed by atoms with E-state index >= 15 is 0 Å². The fraction of sp³-hybridized carbons (Fsp3) is 0.111. The van der Waals surface area contributed by atoms with Crippen molar-refractivity contribution in [3.8, 4) is 28.5 Å². The number of nitrogens with one attached hydrogen (secondary N) is 2. The lowest BCUT2D eigenvalue weighted by molar-refractivity contribution is -0.115. The molecule has 2 aromatic heterocycles. The third-order valence-electron chi connectivity index (χ3n) is 5.82. The SMILES string of the molecule is Cc1nn(-c2ccc(F)cc2)c(C)c1CC(=O)Nc1ccccc1-c1nc(-c2ccccc2)n[nH]1. The Morgan fingerprint density at radius 2 is 1.69 bits per heavy atom. The molecule has 5 aromatic rings. The molecule has 8 heteroatoms. The molecule has 0 saturated heterocycles. The molecule has 0 fully saturated rings. The molecule has 2 N–H and O–H groups in total. The lowest BCUT2D eigenvalue weighted by Crippen LogP contribution is -2.16. The van der Waals surface area contributed by atoms with Crippen LogP contribution >= 0.6 is 0 Å². The Hall–Kier alpha value is -4.59. The van der Waals surface area contributed by atoms with Crippen LogP contribution in [0.1, 0.15) is 17.0 Å². The van der Waals surface area contributed by atoms with E-state index in [4.69, 9.17) is 0 Å². The van der Waals surface area contributed by atoms with E-state index in [1.165, 1.54) is 12.1 Å². The van der Waals surface area contributed by atoms with E-state index in [9.17, 15) is 9.18 Å². The number of carbonyl (C=O) groups excluding carboxylic acids is 1. The summed E-state index contributed by atoms with van der Waals surface area (Å²) in [7, 11) is 0. The minimum atomic E-state index is -0.309. The highest BCUT2D eigenvalue weighted by molar-refractivity contribution is 5.96. The van der Waals surface area contributed by atoms with E-state index in [0.29, 0.717) is 17.3 Å². The van der Waals surface area contributed by atoms with Crippen molar-refractivity contribution in [2.24, 2.45) is 0 Å². The van der Waals surface area contributed by atoms with Gasteiger partial charge in [-0.2, -0.15) is 10.2 Å². The Morgan fingerprint density at radius 3 is 2.46 bits per heavy atom. The van der Waals surface area contributed by atoms with E-state index in [1.54, 1.807) is 16.8 Å². The van der Waals surface area contributed by atoms with Gasteiger partial charge in [-0.25, -0.2) is 14.1 Å². The van der Waals surface area contributed by atoms with Gasteiger partial charge in [0.05, 0.1) is 23.5 Å². The number of carbonyl (C=O) groups is 1. The second-order valence-corrected chi connectivity index (χ2v) is 8.18. The molecule has 0 aliphatic carbocycles. The summed E-state index contributed by atoms with van der Waals surface area (Å²) in [4.78, 5) is 17.7. The number of halogens is 1. The standard InChI is InChI=1S/C27H23FN6O/c1-17-23(18(2)34(33-17)21-14-12-20(28)13-15-21)16-25(35)29-24-11-7-6-10-22(24)27-30-26(31-32-27)19-8-4-3-5-9-19/h3-15H,16H2,1-2H3,(H,29,35)(H,30,31,32). The number of para-hydroxylation sites is 1. The molecule has 0 radical (unpaired) electrons. The largest absolute Gasteiger partial charge is 0.325 e. The molecule has 0 saturated carbocycles. The van der Waals surface area contributed by atoms with Gasteiger partial charge in [0.2, 0.25) is 5.91 Å². The summed E-state index contributed by atoms with van der Waals surface area (Å²) in [6.07, 6.45) is 0.152. The Labute approximate surface area is 201 Å². The van der Waals surface area contributed by atoms with Crippen molar-refractivity contribution in [1.29, 1.82) is 0 Å². The molecule has 1 amide bonds. The van der Waals surface area contributed by atoms with E-state index < -0.39 is 0 Å². The van der Waals surface area contributed by atoms with Gasteiger partial charge in [0.15, 0.2) is 11.6 Å². The molecular formula is C27H23FN6O. The maximum Gasteiger partial charge on any atom is 0.228 e. The zero-order valence-corrected chi connectivity index (χ0v) is 19.3. The van der Waals surface area contributed by atoms with Gasteiger partial charge < -0.3 is 5.32 Å². The number of aromatic nitrogens is 5. The van der Waals surface area contributed by atoms with Gasteiger partial charge in [0, 0.05) is 22.4 Å². The summed E-state index contributed by atoms with van der Waals surface area (Å²) in [5.74, 6) is 0.665. The van der Waals surface area contributed by atoms with Crippen LogP contribution in [0.3, 0.4) is 0 Å².